The number of allylic oxidation sites excluding steroid dienone is 2. The van der Waals surface area contributed by atoms with E-state index in [0.29, 0.717) is 6.42 Å². The van der Waals surface area contributed by atoms with Crippen molar-refractivity contribution in [1.82, 2.24) is 0 Å². The maximum absolute atomic E-state index is 10.9. The fourth-order valence-corrected chi connectivity index (χ4v) is 2.71. The minimum absolute atomic E-state index is 0.00796. The Kier molecular flexibility index (Phi) is 2.06. The van der Waals surface area contributed by atoms with Crippen LogP contribution in [0.5, 0.6) is 0 Å². The van der Waals surface area contributed by atoms with Crippen LogP contribution in [0.3, 0.4) is 0 Å². The lowest BCUT2D eigenvalue weighted by atomic mass is 9.90. The van der Waals surface area contributed by atoms with Crippen molar-refractivity contribution in [1.29, 1.82) is 0 Å². The van der Waals surface area contributed by atoms with Gasteiger partial charge in [0.05, 0.1) is 11.8 Å². The van der Waals surface area contributed by atoms with Crippen molar-refractivity contribution >= 4 is 11.9 Å². The Labute approximate surface area is 81.2 Å². The van der Waals surface area contributed by atoms with Gasteiger partial charge in [0.25, 0.3) is 0 Å². The zero-order chi connectivity index (χ0) is 10.3. The van der Waals surface area contributed by atoms with E-state index in [9.17, 15) is 9.59 Å². The van der Waals surface area contributed by atoms with Gasteiger partial charge in [-0.1, -0.05) is 12.2 Å². The fraction of sp³-hybridized carbons (Fsp3) is 0.600. The van der Waals surface area contributed by atoms with Gasteiger partial charge in [0.15, 0.2) is 0 Å². The van der Waals surface area contributed by atoms with Crippen LogP contribution in [-0.2, 0) is 9.59 Å². The summed E-state index contributed by atoms with van der Waals surface area (Å²) < 4.78 is 0. The molecule has 2 aliphatic carbocycles. The van der Waals surface area contributed by atoms with Gasteiger partial charge in [-0.05, 0) is 24.7 Å². The average Bonchev–Trinajstić information content (AvgIpc) is 2.59. The second-order valence-electron chi connectivity index (χ2n) is 4.03. The standard InChI is InChI=1S/C10H12O4/c11-9(12)7-4-8(10(13)14)6-3-1-2-5(6)7/h1-2,5-8H,3-4H2,(H,11,12)(H,13,14). The molecule has 4 heteroatoms. The van der Waals surface area contributed by atoms with Crippen molar-refractivity contribution in [3.05, 3.63) is 12.2 Å². The number of carbonyl (C=O) groups is 2. The first kappa shape index (κ1) is 9.24. The molecular weight excluding hydrogens is 184 g/mol. The van der Waals surface area contributed by atoms with Crippen LogP contribution in [0.4, 0.5) is 0 Å². The Morgan fingerprint density at radius 2 is 1.79 bits per heavy atom. The molecule has 1 fully saturated rings. The lowest BCUT2D eigenvalue weighted by Gasteiger charge is -2.14. The first-order valence-electron chi connectivity index (χ1n) is 4.73. The van der Waals surface area contributed by atoms with Crippen LogP contribution in [0.2, 0.25) is 0 Å². The monoisotopic (exact) mass is 196 g/mol. The van der Waals surface area contributed by atoms with Crippen LogP contribution < -0.4 is 0 Å². The number of carboxylic acid groups (broad SMARTS) is 2. The smallest absolute Gasteiger partial charge is 0.307 e. The second kappa shape index (κ2) is 3.12. The SMILES string of the molecule is O=C(O)C1CC(C(=O)O)C2CC=CC12. The third kappa shape index (κ3) is 1.22. The predicted octanol–water partition coefficient (Wildman–Crippen LogP) is 0.984. The fourth-order valence-electron chi connectivity index (χ4n) is 2.71. The molecule has 4 unspecified atom stereocenters. The highest BCUT2D eigenvalue weighted by molar-refractivity contribution is 5.76. The molecule has 0 spiro atoms. The van der Waals surface area contributed by atoms with Gasteiger partial charge in [-0.15, -0.1) is 0 Å². The summed E-state index contributed by atoms with van der Waals surface area (Å²) in [4.78, 5) is 21.8. The van der Waals surface area contributed by atoms with Crippen LogP contribution in [0.15, 0.2) is 12.2 Å². The topological polar surface area (TPSA) is 74.6 Å². The molecule has 1 saturated carbocycles. The summed E-state index contributed by atoms with van der Waals surface area (Å²) >= 11 is 0. The van der Waals surface area contributed by atoms with Crippen LogP contribution in [0, 0.1) is 23.7 Å². The Hall–Kier alpha value is -1.32. The second-order valence-corrected chi connectivity index (χ2v) is 4.03. The molecular formula is C10H12O4. The van der Waals surface area contributed by atoms with E-state index in [4.69, 9.17) is 10.2 Å². The van der Waals surface area contributed by atoms with Crippen molar-refractivity contribution in [2.75, 3.05) is 0 Å². The molecule has 0 aromatic rings. The van der Waals surface area contributed by atoms with Crippen LogP contribution >= 0.6 is 0 Å². The van der Waals surface area contributed by atoms with E-state index in [1.54, 1.807) is 0 Å². The van der Waals surface area contributed by atoms with Gasteiger partial charge in [-0.2, -0.15) is 0 Å². The highest BCUT2D eigenvalue weighted by atomic mass is 16.4. The lowest BCUT2D eigenvalue weighted by molar-refractivity contribution is -0.143. The Bertz CT molecular complexity index is 307. The van der Waals surface area contributed by atoms with Gasteiger partial charge in [0.2, 0.25) is 0 Å². The highest BCUT2D eigenvalue weighted by Gasteiger charge is 2.49. The zero-order valence-electron chi connectivity index (χ0n) is 7.59. The maximum atomic E-state index is 10.9. The number of hydrogen-bond donors (Lipinski definition) is 2. The number of rotatable bonds is 2. The summed E-state index contributed by atoms with van der Waals surface area (Å²) in [6.07, 6.45) is 4.77. The third-order valence-corrected chi connectivity index (χ3v) is 3.38. The van der Waals surface area contributed by atoms with E-state index in [0.717, 1.165) is 0 Å². The Morgan fingerprint density at radius 3 is 2.36 bits per heavy atom. The molecule has 0 heterocycles. The number of hydrogen-bond acceptors (Lipinski definition) is 2. The largest absolute Gasteiger partial charge is 0.481 e. The van der Waals surface area contributed by atoms with Gasteiger partial charge in [-0.25, -0.2) is 0 Å². The van der Waals surface area contributed by atoms with Crippen molar-refractivity contribution < 1.29 is 19.8 Å². The van der Waals surface area contributed by atoms with E-state index < -0.39 is 23.8 Å². The molecule has 0 radical (unpaired) electrons. The molecule has 0 aromatic carbocycles. The molecule has 2 rings (SSSR count). The molecule has 2 N–H and O–H groups in total. The molecule has 0 bridgehead atoms. The van der Waals surface area contributed by atoms with Crippen LogP contribution in [0.1, 0.15) is 12.8 Å². The van der Waals surface area contributed by atoms with E-state index in [-0.39, 0.29) is 18.3 Å². The van der Waals surface area contributed by atoms with Crippen molar-refractivity contribution in [3.63, 3.8) is 0 Å². The van der Waals surface area contributed by atoms with Crippen molar-refractivity contribution in [2.45, 2.75) is 12.8 Å². The molecule has 76 valence electrons. The summed E-state index contributed by atoms with van der Waals surface area (Å²) in [5.41, 5.74) is 0. The third-order valence-electron chi connectivity index (χ3n) is 3.38. The molecule has 2 aliphatic rings. The van der Waals surface area contributed by atoms with E-state index in [1.165, 1.54) is 0 Å². The van der Waals surface area contributed by atoms with Gasteiger partial charge in [-0.3, -0.25) is 9.59 Å². The molecule has 0 aliphatic heterocycles. The van der Waals surface area contributed by atoms with E-state index in [2.05, 4.69) is 0 Å². The van der Waals surface area contributed by atoms with E-state index >= 15 is 0 Å². The molecule has 0 saturated heterocycles. The van der Waals surface area contributed by atoms with Gasteiger partial charge >= 0.3 is 11.9 Å². The average molecular weight is 196 g/mol. The maximum Gasteiger partial charge on any atom is 0.307 e. The number of fused-ring (bicyclic) bond motifs is 1. The Morgan fingerprint density at radius 1 is 1.14 bits per heavy atom. The van der Waals surface area contributed by atoms with Crippen LogP contribution in [0.25, 0.3) is 0 Å². The predicted molar refractivity (Wildman–Crippen MR) is 47.6 cm³/mol. The Balaban J connectivity index is 2.22. The molecule has 0 aromatic heterocycles. The highest BCUT2D eigenvalue weighted by Crippen LogP contribution is 2.47. The molecule has 4 nitrogen and oxygen atoms in total. The van der Waals surface area contributed by atoms with E-state index in [1.807, 2.05) is 12.2 Å². The quantitative estimate of drug-likeness (QED) is 0.646. The summed E-state index contributed by atoms with van der Waals surface area (Å²) in [5.74, 6) is -2.75. The minimum atomic E-state index is -0.865. The molecule has 0 amide bonds. The zero-order valence-corrected chi connectivity index (χ0v) is 7.59. The van der Waals surface area contributed by atoms with Gasteiger partial charge < -0.3 is 10.2 Å². The van der Waals surface area contributed by atoms with Crippen LogP contribution in [-0.4, -0.2) is 22.2 Å². The lowest BCUT2D eigenvalue weighted by Crippen LogP contribution is -2.19. The summed E-state index contributed by atoms with van der Waals surface area (Å²) in [6.45, 7) is 0. The number of carboxylic acids is 2. The molecule has 4 atom stereocenters. The minimum Gasteiger partial charge on any atom is -0.481 e. The summed E-state index contributed by atoms with van der Waals surface area (Å²) in [5, 5.41) is 17.9. The summed E-state index contributed by atoms with van der Waals surface area (Å²) in [7, 11) is 0. The summed E-state index contributed by atoms with van der Waals surface area (Å²) in [6, 6.07) is 0. The normalized spacial score (nSPS) is 39.7. The first-order valence-corrected chi connectivity index (χ1v) is 4.73. The number of aliphatic carboxylic acids is 2. The van der Waals surface area contributed by atoms with Crippen molar-refractivity contribution in [2.24, 2.45) is 23.7 Å². The van der Waals surface area contributed by atoms with Gasteiger partial charge in [0.1, 0.15) is 0 Å². The van der Waals surface area contributed by atoms with Crippen molar-refractivity contribution in [3.8, 4) is 0 Å². The van der Waals surface area contributed by atoms with Gasteiger partial charge in [0, 0.05) is 0 Å². The molecule has 14 heavy (non-hydrogen) atoms. The first-order chi connectivity index (χ1) is 6.61.